The number of fused-ring (bicyclic) bond motifs is 26. The summed E-state index contributed by atoms with van der Waals surface area (Å²) >= 11 is 0. The Bertz CT molecular complexity index is 6710. The molecule has 0 aliphatic heterocycles. The zero-order valence-electron chi connectivity index (χ0n) is 72.0. The first kappa shape index (κ1) is 81.8. The molecular weight excluding hydrogens is 1420 g/mol. The number of benzene rings is 21. The zero-order valence-corrected chi connectivity index (χ0v) is 72.0. The third kappa shape index (κ3) is 19.7. The quantitative estimate of drug-likeness (QED) is 0.155. The Labute approximate surface area is 700 Å². The summed E-state index contributed by atoms with van der Waals surface area (Å²) in [5.41, 5.74) is 9.61. The van der Waals surface area contributed by atoms with Gasteiger partial charge in [-0.15, -0.1) is 0 Å². The highest BCUT2D eigenvalue weighted by atomic mass is 14.2. The second-order valence-electron chi connectivity index (χ2n) is 37.6. The minimum absolute atomic E-state index is 0.500. The molecule has 118 heavy (non-hydrogen) atoms. The van der Waals surface area contributed by atoms with E-state index in [4.69, 9.17) is 0 Å². The van der Waals surface area contributed by atoms with E-state index in [-0.39, 0.29) is 0 Å². The third-order valence-corrected chi connectivity index (χ3v) is 20.2. The van der Waals surface area contributed by atoms with Gasteiger partial charge < -0.3 is 0 Å². The van der Waals surface area contributed by atoms with Gasteiger partial charge in [0.05, 0.1) is 0 Å². The van der Waals surface area contributed by atoms with Crippen LogP contribution in [0.2, 0.25) is 0 Å². The molecule has 0 aromatic heterocycles. The van der Waals surface area contributed by atoms with Crippen molar-refractivity contribution in [2.75, 3.05) is 0 Å². The molecule has 0 bridgehead atoms. The number of hydrogen-bond donors (Lipinski definition) is 0. The molecule has 0 amide bonds. The molecule has 0 fully saturated rings. The van der Waals surface area contributed by atoms with Gasteiger partial charge >= 0.3 is 0 Å². The lowest BCUT2D eigenvalue weighted by Gasteiger charge is -2.13. The summed E-state index contributed by atoms with van der Waals surface area (Å²) in [6.07, 6.45) is 0. The fourth-order valence-corrected chi connectivity index (χ4v) is 15.6. The van der Waals surface area contributed by atoms with Gasteiger partial charge in [0.1, 0.15) is 0 Å². The first-order valence-corrected chi connectivity index (χ1v) is 42.0. The normalized spacial score (nSPS) is 11.6. The molecule has 21 aromatic carbocycles. The van der Waals surface area contributed by atoms with Gasteiger partial charge in [-0.05, 0) is 230 Å². The summed E-state index contributed by atoms with van der Waals surface area (Å²) < 4.78 is 0. The SMILES string of the molecule is CC(C)(C)C.CC(C)(C)C.CC(C)(C)C.CC(C)(C)C.c1ccc(-c2ccc3c4ccccc4c4ccccc4c3c2)cc1.c1ccc2c(-c3ccc4c5ccccc5c5ccccc5c4c3)cccc2c1.c1ccc2c(c1)c1ccccc1c1ccccc21.c1ccc2cc(-c3ccc4c5ccccc5c5ccccc5c4c3)ccc2c1. The fraction of sp³-hybridized carbons (Fsp3) is 0.169. The second kappa shape index (κ2) is 35.4. The largest absolute Gasteiger partial charge is 0.0622 e. The molecule has 0 nitrogen and oxygen atoms in total. The van der Waals surface area contributed by atoms with Crippen molar-refractivity contribution in [1.29, 1.82) is 0 Å². The lowest BCUT2D eigenvalue weighted by molar-refractivity contribution is 0.469. The highest BCUT2D eigenvalue weighted by molar-refractivity contribution is 6.29. The van der Waals surface area contributed by atoms with Crippen LogP contribution >= 0.6 is 0 Å². The summed E-state index contributed by atoms with van der Waals surface area (Å²) in [5.74, 6) is 0. The molecule has 0 heteroatoms. The molecule has 0 spiro atoms. The minimum atomic E-state index is 0.500. The van der Waals surface area contributed by atoms with Crippen LogP contribution < -0.4 is 0 Å². The van der Waals surface area contributed by atoms with Gasteiger partial charge in [0.15, 0.2) is 0 Å². The molecule has 0 atom stereocenters. The summed E-state index contributed by atoms with van der Waals surface area (Å²) in [6, 6.07) is 140. The van der Waals surface area contributed by atoms with E-state index < -0.39 is 0 Å². The second-order valence-corrected chi connectivity index (χ2v) is 37.6. The smallest absolute Gasteiger partial charge is 0.00928 e. The van der Waals surface area contributed by atoms with Gasteiger partial charge in [-0.1, -0.05) is 475 Å². The molecule has 0 saturated carbocycles. The van der Waals surface area contributed by atoms with Crippen molar-refractivity contribution in [2.24, 2.45) is 21.7 Å². The standard InChI is InChI=1S/2C28H18.C24H16.C18H12.4C5H12/c1-2-10-21-19(8-1)9-7-15-22(21)20-16-17-27-25-13-4-3-11-23(25)24-12-5-6-14-26(24)28(27)18-20;1-2-8-20-17-21(14-13-19(20)7-1)22-15-16-27-25-11-4-3-9-23(25)24-10-5-6-12-26(24)28(27)18-22;1-2-8-17(9-3-1)18-14-15-23-21-12-5-4-10-19(21)20-11-6-7-13-22(20)24(23)16-18;1-2-8-14-13(7-1)15-9-3-4-11-17(15)18-12-6-5-10-16(14)18;4*1-5(2,3)4/h2*1-18H;1-16H;1-12H;4*1-4H3. The molecule has 0 radical (unpaired) electrons. The highest BCUT2D eigenvalue weighted by Crippen LogP contribution is 2.43. The Kier molecular flexibility index (Phi) is 24.5. The summed E-state index contributed by atoms with van der Waals surface area (Å²) in [4.78, 5) is 0. The van der Waals surface area contributed by atoms with Crippen LogP contribution in [0.4, 0.5) is 0 Å². The average molecular weight is 1530 g/mol. The first-order valence-electron chi connectivity index (χ1n) is 42.0. The van der Waals surface area contributed by atoms with Crippen molar-refractivity contribution < 1.29 is 0 Å². The third-order valence-electron chi connectivity index (χ3n) is 20.2. The molecule has 584 valence electrons. The van der Waals surface area contributed by atoms with E-state index in [9.17, 15) is 0 Å². The minimum Gasteiger partial charge on any atom is -0.0622 e. The Morgan fingerprint density at radius 1 is 0.110 bits per heavy atom. The topological polar surface area (TPSA) is 0 Å². The van der Waals surface area contributed by atoms with Gasteiger partial charge in [-0.25, -0.2) is 0 Å². The number of rotatable bonds is 3. The first-order chi connectivity index (χ1) is 56.6. The monoisotopic (exact) mass is 1530 g/mol. The molecule has 21 rings (SSSR count). The Morgan fingerprint density at radius 2 is 0.297 bits per heavy atom. The van der Waals surface area contributed by atoms with Gasteiger partial charge in [-0.2, -0.15) is 0 Å². The van der Waals surface area contributed by atoms with Crippen LogP contribution in [0.15, 0.2) is 388 Å². The van der Waals surface area contributed by atoms with E-state index >= 15 is 0 Å². The van der Waals surface area contributed by atoms with Gasteiger partial charge in [-0.3, -0.25) is 0 Å². The van der Waals surface area contributed by atoms with E-state index in [1.54, 1.807) is 0 Å². The van der Waals surface area contributed by atoms with E-state index in [1.807, 2.05) is 0 Å². The van der Waals surface area contributed by atoms with Gasteiger partial charge in [0, 0.05) is 0 Å². The molecule has 0 N–H and O–H groups in total. The molecule has 0 unspecified atom stereocenters. The lowest BCUT2D eigenvalue weighted by Crippen LogP contribution is -1.93. The molecule has 21 aromatic rings. The van der Waals surface area contributed by atoms with E-state index in [2.05, 4.69) is 499 Å². The highest BCUT2D eigenvalue weighted by Gasteiger charge is 2.15. The summed E-state index contributed by atoms with van der Waals surface area (Å²) in [5, 5.41) is 37.0. The van der Waals surface area contributed by atoms with Crippen molar-refractivity contribution in [3.8, 4) is 33.4 Å². The van der Waals surface area contributed by atoms with Crippen molar-refractivity contribution >= 4 is 151 Å². The maximum atomic E-state index is 2.37. The predicted octanol–water partition coefficient (Wildman–Crippen LogP) is 36.1. The summed E-state index contributed by atoms with van der Waals surface area (Å²) in [7, 11) is 0. The average Bonchev–Trinajstić information content (AvgIpc) is 0.757. The summed E-state index contributed by atoms with van der Waals surface area (Å²) in [6.45, 7) is 35.0. The van der Waals surface area contributed by atoms with E-state index in [1.165, 1.54) is 184 Å². The van der Waals surface area contributed by atoms with Crippen molar-refractivity contribution in [3.63, 3.8) is 0 Å². The van der Waals surface area contributed by atoms with Crippen LogP contribution in [-0.2, 0) is 0 Å². The van der Waals surface area contributed by atoms with Crippen LogP contribution in [0.5, 0.6) is 0 Å². The Balaban J connectivity index is 0.000000121. The van der Waals surface area contributed by atoms with Crippen molar-refractivity contribution in [2.45, 2.75) is 111 Å². The van der Waals surface area contributed by atoms with Crippen LogP contribution in [0, 0.1) is 21.7 Å². The fourth-order valence-electron chi connectivity index (χ4n) is 15.6. The molecule has 0 aliphatic carbocycles. The predicted molar refractivity (Wildman–Crippen MR) is 528 cm³/mol. The lowest BCUT2D eigenvalue weighted by atomic mass is 9.91. The van der Waals surface area contributed by atoms with Crippen LogP contribution in [-0.4, -0.2) is 0 Å². The van der Waals surface area contributed by atoms with Crippen LogP contribution in [0.1, 0.15) is 111 Å². The van der Waals surface area contributed by atoms with Gasteiger partial charge in [0.2, 0.25) is 0 Å². The molecular formula is C118H112. The Morgan fingerprint density at radius 3 is 0.593 bits per heavy atom. The maximum Gasteiger partial charge on any atom is -0.00928 e. The zero-order chi connectivity index (χ0) is 82.9. The number of hydrogen-bond acceptors (Lipinski definition) is 0. The molecule has 0 saturated heterocycles. The van der Waals surface area contributed by atoms with Crippen molar-refractivity contribution in [1.82, 2.24) is 0 Å². The van der Waals surface area contributed by atoms with Crippen LogP contribution in [0.25, 0.3) is 184 Å². The van der Waals surface area contributed by atoms with E-state index in [0.29, 0.717) is 21.7 Å². The molecule has 0 heterocycles. The Hall–Kier alpha value is -12.7. The van der Waals surface area contributed by atoms with Crippen LogP contribution in [0.3, 0.4) is 0 Å². The van der Waals surface area contributed by atoms with E-state index in [0.717, 1.165) is 0 Å². The van der Waals surface area contributed by atoms with Gasteiger partial charge in [0.25, 0.3) is 0 Å². The van der Waals surface area contributed by atoms with Crippen molar-refractivity contribution in [3.05, 3.63) is 388 Å². The molecule has 0 aliphatic rings. The maximum absolute atomic E-state index is 2.37.